The number of nitrogens with one attached hydrogen (secondary N) is 1. The van der Waals surface area contributed by atoms with Gasteiger partial charge in [-0.3, -0.25) is 4.79 Å². The molecule has 0 aromatic heterocycles. The topological polar surface area (TPSA) is 92.5 Å². The largest absolute Gasteiger partial charge is 0.350 e. The molecule has 0 aliphatic heterocycles. The van der Waals surface area contributed by atoms with Gasteiger partial charge in [0.15, 0.2) is 0 Å². The van der Waals surface area contributed by atoms with E-state index in [4.69, 9.17) is 5.73 Å². The molecule has 0 radical (unpaired) electrons. The number of sulfonamides is 1. The van der Waals surface area contributed by atoms with Gasteiger partial charge in [0.2, 0.25) is 10.0 Å². The van der Waals surface area contributed by atoms with Crippen molar-refractivity contribution in [3.63, 3.8) is 0 Å². The molecule has 1 aromatic rings. The zero-order valence-corrected chi connectivity index (χ0v) is 14.6. The van der Waals surface area contributed by atoms with E-state index in [1.54, 1.807) is 26.0 Å². The zero-order valence-electron chi connectivity index (χ0n) is 13.8. The molecular formula is C16H25N3O3S. The van der Waals surface area contributed by atoms with Gasteiger partial charge in [0, 0.05) is 31.2 Å². The second kappa shape index (κ2) is 6.98. The van der Waals surface area contributed by atoms with E-state index < -0.39 is 10.0 Å². The number of rotatable bonds is 7. The van der Waals surface area contributed by atoms with Crippen LogP contribution in [0, 0.1) is 5.92 Å². The predicted molar refractivity (Wildman–Crippen MR) is 89.6 cm³/mol. The highest BCUT2D eigenvalue weighted by Gasteiger charge is 2.29. The van der Waals surface area contributed by atoms with Gasteiger partial charge in [-0.05, 0) is 50.8 Å². The van der Waals surface area contributed by atoms with Crippen molar-refractivity contribution in [2.45, 2.75) is 43.7 Å². The summed E-state index contributed by atoms with van der Waals surface area (Å²) in [4.78, 5) is 12.3. The van der Waals surface area contributed by atoms with Crippen LogP contribution in [0.3, 0.4) is 0 Å². The Morgan fingerprint density at radius 3 is 2.61 bits per heavy atom. The predicted octanol–water partition coefficient (Wildman–Crippen LogP) is 1.18. The van der Waals surface area contributed by atoms with E-state index >= 15 is 0 Å². The maximum atomic E-state index is 12.5. The lowest BCUT2D eigenvalue weighted by Gasteiger charge is -2.21. The summed E-state index contributed by atoms with van der Waals surface area (Å²) in [5.74, 6) is 0.201. The van der Waals surface area contributed by atoms with Crippen molar-refractivity contribution in [3.8, 4) is 0 Å². The number of carbonyl (C=O) groups is 1. The number of benzene rings is 1. The van der Waals surface area contributed by atoms with E-state index in [0.717, 1.165) is 12.8 Å². The summed E-state index contributed by atoms with van der Waals surface area (Å²) < 4.78 is 26.3. The number of nitrogens with two attached hydrogens (primary N) is 1. The molecule has 0 saturated heterocycles. The van der Waals surface area contributed by atoms with Crippen LogP contribution < -0.4 is 11.1 Å². The Balaban J connectivity index is 2.11. The van der Waals surface area contributed by atoms with Gasteiger partial charge >= 0.3 is 0 Å². The zero-order chi connectivity index (χ0) is 17.2. The molecule has 0 spiro atoms. The fourth-order valence-electron chi connectivity index (χ4n) is 2.25. The molecule has 1 aromatic carbocycles. The van der Waals surface area contributed by atoms with Crippen molar-refractivity contribution >= 4 is 15.9 Å². The van der Waals surface area contributed by atoms with Gasteiger partial charge in [0.05, 0.1) is 4.90 Å². The molecule has 0 heterocycles. The van der Waals surface area contributed by atoms with Gasteiger partial charge in [-0.2, -0.15) is 4.31 Å². The third-order valence-corrected chi connectivity index (χ3v) is 6.26. The normalized spacial score (nSPS) is 16.6. The number of nitrogens with zero attached hydrogens (tertiary/aromatic N) is 1. The van der Waals surface area contributed by atoms with E-state index in [1.165, 1.54) is 23.5 Å². The quantitative estimate of drug-likeness (QED) is 0.780. The van der Waals surface area contributed by atoms with Crippen LogP contribution in [0.5, 0.6) is 0 Å². The van der Waals surface area contributed by atoms with Crippen molar-refractivity contribution in [1.29, 1.82) is 0 Å². The molecule has 3 N–H and O–H groups in total. The Bertz CT molecular complexity index is 669. The minimum atomic E-state index is -3.60. The molecule has 1 saturated carbocycles. The Hall–Kier alpha value is -1.44. The summed E-state index contributed by atoms with van der Waals surface area (Å²) in [5.41, 5.74) is 6.29. The SMILES string of the molecule is CC(C)N(C)S(=O)(=O)c1cccc(C(=O)NCC(N)C2CC2)c1. The first-order valence-electron chi connectivity index (χ1n) is 7.85. The summed E-state index contributed by atoms with van der Waals surface area (Å²) >= 11 is 0. The number of carbonyl (C=O) groups excluding carboxylic acids is 1. The number of hydrogen-bond acceptors (Lipinski definition) is 4. The molecule has 23 heavy (non-hydrogen) atoms. The summed E-state index contributed by atoms with van der Waals surface area (Å²) in [5, 5.41) is 2.78. The molecule has 7 heteroatoms. The van der Waals surface area contributed by atoms with Crippen molar-refractivity contribution < 1.29 is 13.2 Å². The van der Waals surface area contributed by atoms with Gasteiger partial charge in [-0.1, -0.05) is 6.07 Å². The van der Waals surface area contributed by atoms with Crippen LogP contribution >= 0.6 is 0 Å². The van der Waals surface area contributed by atoms with Gasteiger partial charge in [0.1, 0.15) is 0 Å². The fraction of sp³-hybridized carbons (Fsp3) is 0.562. The minimum absolute atomic E-state index is 0.0297. The second-order valence-electron chi connectivity index (χ2n) is 6.35. The van der Waals surface area contributed by atoms with E-state index in [9.17, 15) is 13.2 Å². The van der Waals surface area contributed by atoms with Crippen LogP contribution in [0.25, 0.3) is 0 Å². The first kappa shape index (κ1) is 17.9. The summed E-state index contributed by atoms with van der Waals surface area (Å²) in [6.07, 6.45) is 2.23. The third kappa shape index (κ3) is 4.31. The lowest BCUT2D eigenvalue weighted by molar-refractivity contribution is 0.0950. The fourth-order valence-corrected chi connectivity index (χ4v) is 3.66. The maximum Gasteiger partial charge on any atom is 0.251 e. The van der Waals surface area contributed by atoms with Gasteiger partial charge in [0.25, 0.3) is 5.91 Å². The Kier molecular flexibility index (Phi) is 5.44. The van der Waals surface area contributed by atoms with Crippen molar-refractivity contribution in [3.05, 3.63) is 29.8 Å². The summed E-state index contributed by atoms with van der Waals surface area (Å²) in [7, 11) is -2.07. The average Bonchev–Trinajstić information content (AvgIpc) is 3.36. The van der Waals surface area contributed by atoms with E-state index in [1.807, 2.05) is 0 Å². The van der Waals surface area contributed by atoms with Crippen LogP contribution in [0.1, 0.15) is 37.0 Å². The molecule has 1 atom stereocenters. The molecule has 6 nitrogen and oxygen atoms in total. The highest BCUT2D eigenvalue weighted by atomic mass is 32.2. The van der Waals surface area contributed by atoms with E-state index in [2.05, 4.69) is 5.32 Å². The van der Waals surface area contributed by atoms with E-state index in [0.29, 0.717) is 18.0 Å². The molecular weight excluding hydrogens is 314 g/mol. The van der Waals surface area contributed by atoms with Crippen LogP contribution in [0.15, 0.2) is 29.2 Å². The smallest absolute Gasteiger partial charge is 0.251 e. The molecule has 1 aliphatic rings. The molecule has 2 rings (SSSR count). The van der Waals surface area contributed by atoms with Gasteiger partial charge in [-0.15, -0.1) is 0 Å². The summed E-state index contributed by atoms with van der Waals surface area (Å²) in [6, 6.07) is 5.91. The first-order chi connectivity index (χ1) is 10.7. The van der Waals surface area contributed by atoms with Crippen LogP contribution in [-0.2, 0) is 10.0 Å². The molecule has 0 bridgehead atoms. The molecule has 1 aliphatic carbocycles. The molecule has 1 amide bonds. The highest BCUT2D eigenvalue weighted by molar-refractivity contribution is 7.89. The molecule has 128 valence electrons. The van der Waals surface area contributed by atoms with E-state index in [-0.39, 0.29) is 22.9 Å². The van der Waals surface area contributed by atoms with Crippen molar-refractivity contribution in [1.82, 2.24) is 9.62 Å². The van der Waals surface area contributed by atoms with Gasteiger partial charge < -0.3 is 11.1 Å². The lowest BCUT2D eigenvalue weighted by atomic mass is 10.2. The average molecular weight is 339 g/mol. The second-order valence-corrected chi connectivity index (χ2v) is 8.35. The number of hydrogen-bond donors (Lipinski definition) is 2. The Labute approximate surface area is 138 Å². The van der Waals surface area contributed by atoms with Crippen molar-refractivity contribution in [2.75, 3.05) is 13.6 Å². The highest BCUT2D eigenvalue weighted by Crippen LogP contribution is 2.31. The van der Waals surface area contributed by atoms with Crippen molar-refractivity contribution in [2.24, 2.45) is 11.7 Å². The summed E-state index contributed by atoms with van der Waals surface area (Å²) in [6.45, 7) is 4.01. The number of amides is 1. The van der Waals surface area contributed by atoms with Crippen LogP contribution in [0.2, 0.25) is 0 Å². The van der Waals surface area contributed by atoms with Gasteiger partial charge in [-0.25, -0.2) is 8.42 Å². The van der Waals surface area contributed by atoms with Crippen LogP contribution in [-0.4, -0.2) is 44.3 Å². The molecule has 1 fully saturated rings. The monoisotopic (exact) mass is 339 g/mol. The molecule has 1 unspecified atom stereocenters. The lowest BCUT2D eigenvalue weighted by Crippen LogP contribution is -2.38. The Morgan fingerprint density at radius 1 is 1.39 bits per heavy atom. The minimum Gasteiger partial charge on any atom is -0.350 e. The first-order valence-corrected chi connectivity index (χ1v) is 9.29. The maximum absolute atomic E-state index is 12.5. The Morgan fingerprint density at radius 2 is 2.04 bits per heavy atom. The third-order valence-electron chi connectivity index (χ3n) is 4.23. The standard InChI is InChI=1S/C16H25N3O3S/c1-11(2)19(3)23(21,22)14-6-4-5-13(9-14)16(20)18-10-15(17)12-7-8-12/h4-6,9,11-12,15H,7-8,10,17H2,1-3H3,(H,18,20). The van der Waals surface area contributed by atoms with Crippen LogP contribution in [0.4, 0.5) is 0 Å².